The summed E-state index contributed by atoms with van der Waals surface area (Å²) in [6, 6.07) is 0. The van der Waals surface area contributed by atoms with Crippen molar-refractivity contribution in [3.05, 3.63) is 0 Å². The molecule has 0 heterocycles. The van der Waals surface area contributed by atoms with Gasteiger partial charge in [0.2, 0.25) is 5.91 Å². The van der Waals surface area contributed by atoms with Crippen LogP contribution in [0.2, 0.25) is 0 Å². The molecule has 1 saturated carbocycles. The Kier molecular flexibility index (Phi) is 6.65. The van der Waals surface area contributed by atoms with Gasteiger partial charge in [-0.1, -0.05) is 32.1 Å². The molecule has 0 radical (unpaired) electrons. The second kappa shape index (κ2) is 7.48. The molecule has 0 saturated heterocycles. The van der Waals surface area contributed by atoms with Crippen molar-refractivity contribution in [1.29, 1.82) is 0 Å². The molecule has 0 bridgehead atoms. The summed E-state index contributed by atoms with van der Waals surface area (Å²) in [4.78, 5) is 12.2. The summed E-state index contributed by atoms with van der Waals surface area (Å²) < 4.78 is 0. The molecule has 0 aliphatic heterocycles. The van der Waals surface area contributed by atoms with E-state index in [4.69, 9.17) is 23.2 Å². The number of rotatable bonds is 4. The lowest BCUT2D eigenvalue weighted by Gasteiger charge is -2.29. The summed E-state index contributed by atoms with van der Waals surface area (Å²) in [5.41, 5.74) is -0.470. The van der Waals surface area contributed by atoms with Gasteiger partial charge in [0.15, 0.2) is 0 Å². The van der Waals surface area contributed by atoms with Crippen LogP contribution in [0.25, 0.3) is 0 Å². The van der Waals surface area contributed by atoms with E-state index in [0.717, 1.165) is 25.7 Å². The maximum absolute atomic E-state index is 12.2. The molecule has 2 nitrogen and oxygen atoms in total. The highest BCUT2D eigenvalue weighted by atomic mass is 35.5. The predicted octanol–water partition coefficient (Wildman–Crippen LogP) is 3.70. The summed E-state index contributed by atoms with van der Waals surface area (Å²) in [6.45, 7) is 1.90. The zero-order valence-electron chi connectivity index (χ0n) is 10.6. The third-order valence-corrected chi connectivity index (χ3v) is 4.67. The molecule has 100 valence electrons. The maximum Gasteiger partial charge on any atom is 0.223 e. The Bertz CT molecular complexity index is 234. The Morgan fingerprint density at radius 2 is 1.59 bits per heavy atom. The third-order valence-electron chi connectivity index (χ3n) is 3.49. The molecule has 1 amide bonds. The molecule has 1 rings (SSSR count). The standard InChI is InChI=1S/C13H23Cl2NO/c1-13(9-14,10-15)16-12(17)11-7-5-3-2-4-6-8-11/h11H,2-10H2,1H3,(H,16,17). The van der Waals surface area contributed by atoms with Crippen LogP contribution in [0.3, 0.4) is 0 Å². The second-order valence-electron chi connectivity index (χ2n) is 5.36. The van der Waals surface area contributed by atoms with Crippen LogP contribution in [-0.4, -0.2) is 23.2 Å². The molecule has 4 heteroatoms. The highest BCUT2D eigenvalue weighted by Crippen LogP contribution is 2.23. The molecule has 1 aliphatic rings. The van der Waals surface area contributed by atoms with Crippen molar-refractivity contribution in [2.45, 2.75) is 57.4 Å². The van der Waals surface area contributed by atoms with E-state index in [1.54, 1.807) is 0 Å². The van der Waals surface area contributed by atoms with Gasteiger partial charge in [0, 0.05) is 17.7 Å². The van der Waals surface area contributed by atoms with Gasteiger partial charge in [0.05, 0.1) is 5.54 Å². The zero-order chi connectivity index (χ0) is 12.7. The first-order valence-corrected chi connectivity index (χ1v) is 7.62. The number of nitrogens with one attached hydrogen (secondary N) is 1. The highest BCUT2D eigenvalue weighted by Gasteiger charge is 2.28. The van der Waals surface area contributed by atoms with E-state index in [2.05, 4.69) is 5.32 Å². The zero-order valence-corrected chi connectivity index (χ0v) is 12.1. The van der Waals surface area contributed by atoms with Crippen LogP contribution in [-0.2, 0) is 4.79 Å². The van der Waals surface area contributed by atoms with Crippen molar-refractivity contribution in [2.75, 3.05) is 11.8 Å². The minimum Gasteiger partial charge on any atom is -0.348 e. The summed E-state index contributed by atoms with van der Waals surface area (Å²) in [5, 5.41) is 3.01. The normalized spacial score (nSPS) is 19.5. The van der Waals surface area contributed by atoms with Gasteiger partial charge in [-0.05, 0) is 19.8 Å². The monoisotopic (exact) mass is 279 g/mol. The largest absolute Gasteiger partial charge is 0.348 e. The van der Waals surface area contributed by atoms with Gasteiger partial charge in [-0.3, -0.25) is 4.79 Å². The number of carbonyl (C=O) groups excluding carboxylic acids is 1. The third kappa shape index (κ3) is 5.05. The van der Waals surface area contributed by atoms with Crippen molar-refractivity contribution in [3.8, 4) is 0 Å². The first kappa shape index (κ1) is 15.1. The molecule has 0 unspecified atom stereocenters. The quantitative estimate of drug-likeness (QED) is 0.782. The Morgan fingerprint density at radius 3 is 2.06 bits per heavy atom. The van der Waals surface area contributed by atoms with Crippen LogP contribution in [0, 0.1) is 5.92 Å². The highest BCUT2D eigenvalue weighted by molar-refractivity contribution is 6.22. The van der Waals surface area contributed by atoms with E-state index in [-0.39, 0.29) is 11.8 Å². The summed E-state index contributed by atoms with van der Waals surface area (Å²) in [5.74, 6) is 1.00. The van der Waals surface area contributed by atoms with E-state index >= 15 is 0 Å². The van der Waals surface area contributed by atoms with E-state index < -0.39 is 5.54 Å². The lowest BCUT2D eigenvalue weighted by molar-refractivity contribution is -0.127. The van der Waals surface area contributed by atoms with Crippen LogP contribution in [0.4, 0.5) is 0 Å². The van der Waals surface area contributed by atoms with Gasteiger partial charge in [0.25, 0.3) is 0 Å². The van der Waals surface area contributed by atoms with E-state index in [9.17, 15) is 4.79 Å². The fourth-order valence-corrected chi connectivity index (χ4v) is 2.64. The average Bonchev–Trinajstić information content (AvgIpc) is 2.28. The number of halogens is 2. The number of amides is 1. The van der Waals surface area contributed by atoms with Crippen molar-refractivity contribution in [1.82, 2.24) is 5.32 Å². The number of carbonyl (C=O) groups is 1. The van der Waals surface area contributed by atoms with Gasteiger partial charge in [-0.25, -0.2) is 0 Å². The van der Waals surface area contributed by atoms with E-state index in [1.807, 2.05) is 6.92 Å². The molecule has 0 spiro atoms. The van der Waals surface area contributed by atoms with Gasteiger partial charge in [0.1, 0.15) is 0 Å². The number of hydrogen-bond donors (Lipinski definition) is 1. The predicted molar refractivity (Wildman–Crippen MR) is 73.8 cm³/mol. The van der Waals surface area contributed by atoms with Gasteiger partial charge < -0.3 is 5.32 Å². The number of hydrogen-bond acceptors (Lipinski definition) is 1. The smallest absolute Gasteiger partial charge is 0.223 e. The van der Waals surface area contributed by atoms with Crippen molar-refractivity contribution < 1.29 is 4.79 Å². The van der Waals surface area contributed by atoms with Crippen LogP contribution < -0.4 is 5.32 Å². The SMILES string of the molecule is CC(CCl)(CCl)NC(=O)C1CCCCCCC1. The Labute approximate surface area is 114 Å². The lowest BCUT2D eigenvalue weighted by Crippen LogP contribution is -2.51. The molecule has 1 N–H and O–H groups in total. The first-order valence-electron chi connectivity index (χ1n) is 6.55. The Balaban J connectivity index is 2.49. The van der Waals surface area contributed by atoms with Crippen molar-refractivity contribution >= 4 is 29.1 Å². The first-order chi connectivity index (χ1) is 8.11. The Hall–Kier alpha value is 0.0500. The van der Waals surface area contributed by atoms with Crippen molar-refractivity contribution in [2.24, 2.45) is 5.92 Å². The summed E-state index contributed by atoms with van der Waals surface area (Å²) >= 11 is 11.7. The van der Waals surface area contributed by atoms with Crippen LogP contribution in [0.15, 0.2) is 0 Å². The fourth-order valence-electron chi connectivity index (χ4n) is 2.22. The molecule has 0 aromatic heterocycles. The minimum atomic E-state index is -0.470. The second-order valence-corrected chi connectivity index (χ2v) is 5.89. The summed E-state index contributed by atoms with van der Waals surface area (Å²) in [7, 11) is 0. The average molecular weight is 280 g/mol. The number of alkyl halides is 2. The van der Waals surface area contributed by atoms with Crippen LogP contribution in [0.5, 0.6) is 0 Å². The molecule has 0 atom stereocenters. The van der Waals surface area contributed by atoms with Crippen molar-refractivity contribution in [3.63, 3.8) is 0 Å². The molecule has 1 aliphatic carbocycles. The fraction of sp³-hybridized carbons (Fsp3) is 0.923. The van der Waals surface area contributed by atoms with Gasteiger partial charge in [-0.15, -0.1) is 23.2 Å². The molecule has 17 heavy (non-hydrogen) atoms. The van der Waals surface area contributed by atoms with Gasteiger partial charge >= 0.3 is 0 Å². The topological polar surface area (TPSA) is 29.1 Å². The molecular weight excluding hydrogens is 257 g/mol. The van der Waals surface area contributed by atoms with Crippen LogP contribution in [0.1, 0.15) is 51.9 Å². The molecule has 1 fully saturated rings. The molecule has 0 aromatic rings. The summed E-state index contributed by atoms with van der Waals surface area (Å²) in [6.07, 6.45) is 8.17. The molecule has 0 aromatic carbocycles. The maximum atomic E-state index is 12.2. The lowest BCUT2D eigenvalue weighted by atomic mass is 9.90. The van der Waals surface area contributed by atoms with Gasteiger partial charge in [-0.2, -0.15) is 0 Å². The Morgan fingerprint density at radius 1 is 1.12 bits per heavy atom. The molecular formula is C13H23Cl2NO. The van der Waals surface area contributed by atoms with Crippen LogP contribution >= 0.6 is 23.2 Å². The minimum absolute atomic E-state index is 0.135. The van der Waals surface area contributed by atoms with E-state index in [0.29, 0.717) is 11.8 Å². The van der Waals surface area contributed by atoms with E-state index in [1.165, 1.54) is 19.3 Å².